The van der Waals surface area contributed by atoms with Gasteiger partial charge < -0.3 is 14.6 Å². The van der Waals surface area contributed by atoms with Crippen molar-refractivity contribution >= 4 is 23.6 Å². The van der Waals surface area contributed by atoms with Gasteiger partial charge in [-0.3, -0.25) is 9.69 Å². The van der Waals surface area contributed by atoms with E-state index in [1.54, 1.807) is 7.05 Å². The Morgan fingerprint density at radius 2 is 2.38 bits per heavy atom. The molecule has 1 N–H and O–H groups in total. The summed E-state index contributed by atoms with van der Waals surface area (Å²) < 4.78 is 12.3. The van der Waals surface area contributed by atoms with Crippen molar-refractivity contribution in [2.75, 3.05) is 19.0 Å². The maximum Gasteiger partial charge on any atom is 0.355 e. The maximum atomic E-state index is 12.5. The van der Waals surface area contributed by atoms with Gasteiger partial charge in [0.1, 0.15) is 18.2 Å². The molecule has 3 atom stereocenters. The first kappa shape index (κ1) is 18.5. The number of aliphatic hydroxyl groups is 1. The zero-order chi connectivity index (χ0) is 18.8. The smallest absolute Gasteiger partial charge is 0.355 e. The van der Waals surface area contributed by atoms with E-state index in [0.717, 1.165) is 0 Å². The molecule has 0 unspecified atom stereocenters. The average Bonchev–Trinajstić information content (AvgIpc) is 3.01. The number of carbonyl (C=O) groups is 2. The molecule has 3 rings (SSSR count). The Kier molecular flexibility index (Phi) is 5.39. The lowest BCUT2D eigenvalue weighted by atomic mass is 9.88. The van der Waals surface area contributed by atoms with Gasteiger partial charge in [0.2, 0.25) is 11.1 Å². The van der Waals surface area contributed by atoms with Gasteiger partial charge in [0.05, 0.1) is 12.7 Å². The summed E-state index contributed by atoms with van der Waals surface area (Å²) in [4.78, 5) is 26.2. The Balaban J connectivity index is 1.85. The molecule has 1 saturated heterocycles. The Labute approximate surface area is 153 Å². The summed E-state index contributed by atoms with van der Waals surface area (Å²) in [5.41, 5.74) is 0.758. The van der Waals surface area contributed by atoms with Crippen molar-refractivity contribution in [3.8, 4) is 0 Å². The van der Waals surface area contributed by atoms with Crippen LogP contribution in [0.5, 0.6) is 0 Å². The second-order valence-electron chi connectivity index (χ2n) is 5.89. The van der Waals surface area contributed by atoms with Gasteiger partial charge in [0, 0.05) is 12.8 Å². The topological polar surface area (TPSA) is 120 Å². The van der Waals surface area contributed by atoms with Crippen LogP contribution in [0.4, 0.5) is 0 Å². The van der Waals surface area contributed by atoms with Crippen molar-refractivity contribution in [1.82, 2.24) is 25.1 Å². The number of aryl methyl sites for hydroxylation is 1. The molecule has 1 aromatic heterocycles. The third-order valence-electron chi connectivity index (χ3n) is 4.09. The van der Waals surface area contributed by atoms with Gasteiger partial charge in [-0.05, 0) is 22.9 Å². The molecule has 0 spiro atoms. The summed E-state index contributed by atoms with van der Waals surface area (Å²) in [6.45, 7) is 5.22. The van der Waals surface area contributed by atoms with E-state index in [2.05, 4.69) is 22.1 Å². The maximum absolute atomic E-state index is 12.5. The second kappa shape index (κ2) is 7.56. The summed E-state index contributed by atoms with van der Waals surface area (Å²) in [6.07, 6.45) is -0.0836. The number of rotatable bonds is 7. The lowest BCUT2D eigenvalue weighted by Gasteiger charge is -2.50. The van der Waals surface area contributed by atoms with Gasteiger partial charge in [0.25, 0.3) is 0 Å². The van der Waals surface area contributed by atoms with Crippen LogP contribution in [0.1, 0.15) is 6.92 Å². The number of amides is 1. The van der Waals surface area contributed by atoms with Crippen LogP contribution in [0.2, 0.25) is 0 Å². The Bertz CT molecular complexity index is 761. The molecular formula is C15H19N5O5S. The third kappa shape index (κ3) is 3.24. The first-order chi connectivity index (χ1) is 12.5. The summed E-state index contributed by atoms with van der Waals surface area (Å²) in [7, 11) is 1.70. The van der Waals surface area contributed by atoms with E-state index in [9.17, 15) is 14.7 Å². The van der Waals surface area contributed by atoms with E-state index in [1.165, 1.54) is 34.3 Å². The first-order valence-electron chi connectivity index (χ1n) is 7.93. The number of tetrazole rings is 1. The number of thioether (sulfide) groups is 1. The highest BCUT2D eigenvalue weighted by molar-refractivity contribution is 7.99. The third-order valence-corrected chi connectivity index (χ3v) is 5.19. The molecule has 3 heterocycles. The van der Waals surface area contributed by atoms with Crippen molar-refractivity contribution in [2.45, 2.75) is 24.4 Å². The minimum absolute atomic E-state index is 0.0311. The van der Waals surface area contributed by atoms with Gasteiger partial charge in [-0.25, -0.2) is 9.48 Å². The molecule has 1 fully saturated rings. The van der Waals surface area contributed by atoms with E-state index in [1.807, 2.05) is 0 Å². The standard InChI is InChI=1S/C15H19N5O5S/c1-4-5-24-14(23)11-9(7-26-15-16-17-18-19(15)3)6-25-13-10(8(2)21)12(22)20(11)13/h4,8,10,13,21H,1,5-7H2,2-3H3/t8-,10+,13-/m1/s1. The van der Waals surface area contributed by atoms with Crippen LogP contribution in [0, 0.1) is 5.92 Å². The number of ether oxygens (including phenoxy) is 2. The highest BCUT2D eigenvalue weighted by Crippen LogP contribution is 2.39. The van der Waals surface area contributed by atoms with Crippen LogP contribution < -0.4 is 0 Å². The Hall–Kier alpha value is -2.24. The zero-order valence-electron chi connectivity index (χ0n) is 14.4. The van der Waals surface area contributed by atoms with Crippen LogP contribution >= 0.6 is 11.8 Å². The van der Waals surface area contributed by atoms with Crippen LogP contribution in [-0.4, -0.2) is 73.4 Å². The molecule has 0 saturated carbocycles. The van der Waals surface area contributed by atoms with E-state index < -0.39 is 24.2 Å². The zero-order valence-corrected chi connectivity index (χ0v) is 15.2. The van der Waals surface area contributed by atoms with E-state index in [0.29, 0.717) is 16.5 Å². The van der Waals surface area contributed by atoms with Crippen LogP contribution in [0.3, 0.4) is 0 Å². The number of nitrogens with zero attached hydrogens (tertiary/aromatic N) is 5. The van der Waals surface area contributed by atoms with Crippen molar-refractivity contribution in [2.24, 2.45) is 13.0 Å². The van der Waals surface area contributed by atoms with Gasteiger partial charge in [0.15, 0.2) is 6.23 Å². The number of fused-ring (bicyclic) bond motifs is 1. The van der Waals surface area contributed by atoms with Crippen LogP contribution in [-0.2, 0) is 26.1 Å². The van der Waals surface area contributed by atoms with Gasteiger partial charge >= 0.3 is 5.97 Å². The molecule has 11 heteroatoms. The number of carbonyl (C=O) groups excluding carboxylic acids is 2. The quantitative estimate of drug-likeness (QED) is 0.288. The number of esters is 1. The minimum Gasteiger partial charge on any atom is -0.457 e. The average molecular weight is 381 g/mol. The van der Waals surface area contributed by atoms with E-state index >= 15 is 0 Å². The van der Waals surface area contributed by atoms with Crippen LogP contribution in [0.25, 0.3) is 0 Å². The summed E-state index contributed by atoms with van der Waals surface area (Å²) in [5.74, 6) is -1.32. The molecule has 0 aromatic carbocycles. The molecular weight excluding hydrogens is 362 g/mol. The summed E-state index contributed by atoms with van der Waals surface area (Å²) >= 11 is 1.31. The van der Waals surface area contributed by atoms with Crippen molar-refractivity contribution in [3.63, 3.8) is 0 Å². The number of hydrogen-bond donors (Lipinski definition) is 1. The fourth-order valence-corrected chi connectivity index (χ4v) is 3.66. The largest absolute Gasteiger partial charge is 0.457 e. The number of β-lactam (4-membered cyclic amide) rings is 1. The predicted molar refractivity (Wildman–Crippen MR) is 89.5 cm³/mol. The van der Waals surface area contributed by atoms with Crippen molar-refractivity contribution in [3.05, 3.63) is 23.9 Å². The lowest BCUT2D eigenvalue weighted by molar-refractivity contribution is -0.204. The molecule has 2 aliphatic rings. The molecule has 140 valence electrons. The molecule has 0 bridgehead atoms. The molecule has 2 aliphatic heterocycles. The van der Waals surface area contributed by atoms with E-state index in [-0.39, 0.29) is 24.8 Å². The van der Waals surface area contributed by atoms with E-state index in [4.69, 9.17) is 9.47 Å². The van der Waals surface area contributed by atoms with Crippen molar-refractivity contribution < 1.29 is 24.2 Å². The highest BCUT2D eigenvalue weighted by Gasteiger charge is 2.56. The molecule has 26 heavy (non-hydrogen) atoms. The monoisotopic (exact) mass is 381 g/mol. The van der Waals surface area contributed by atoms with Gasteiger partial charge in [-0.2, -0.15) is 0 Å². The SMILES string of the molecule is C=CCOC(=O)C1=C(CSc2nnnn2C)CO[C@@H]2[C@@H]([C@@H](C)O)C(=O)N12. The highest BCUT2D eigenvalue weighted by atomic mass is 32.2. The summed E-state index contributed by atoms with van der Waals surface area (Å²) in [6, 6.07) is 0. The fraction of sp³-hybridized carbons (Fsp3) is 0.533. The Morgan fingerprint density at radius 1 is 1.62 bits per heavy atom. The normalized spacial score (nSPS) is 23.3. The van der Waals surface area contributed by atoms with Gasteiger partial charge in [-0.15, -0.1) is 5.10 Å². The number of aromatic nitrogens is 4. The number of aliphatic hydroxyl groups excluding tert-OH is 1. The lowest BCUT2D eigenvalue weighted by Crippen LogP contribution is -2.67. The molecule has 0 radical (unpaired) electrons. The molecule has 10 nitrogen and oxygen atoms in total. The molecule has 1 aromatic rings. The number of hydrogen-bond acceptors (Lipinski definition) is 9. The molecule has 0 aliphatic carbocycles. The van der Waals surface area contributed by atoms with Crippen molar-refractivity contribution in [1.29, 1.82) is 0 Å². The Morgan fingerprint density at radius 3 is 3.00 bits per heavy atom. The summed E-state index contributed by atoms with van der Waals surface area (Å²) in [5, 5.41) is 21.5. The van der Waals surface area contributed by atoms with Gasteiger partial charge in [-0.1, -0.05) is 24.4 Å². The fourth-order valence-electron chi connectivity index (χ4n) is 2.82. The predicted octanol–water partition coefficient (Wildman–Crippen LogP) is -0.519. The minimum atomic E-state index is -0.866. The van der Waals surface area contributed by atoms with Crippen LogP contribution in [0.15, 0.2) is 29.1 Å². The molecule has 1 amide bonds. The second-order valence-corrected chi connectivity index (χ2v) is 6.83. The first-order valence-corrected chi connectivity index (χ1v) is 8.92.